The van der Waals surface area contributed by atoms with Crippen molar-refractivity contribution in [3.05, 3.63) is 33.9 Å². The molecule has 0 unspecified atom stereocenters. The topological polar surface area (TPSA) is 93.0 Å². The maximum absolute atomic E-state index is 12.1. The van der Waals surface area contributed by atoms with Crippen LogP contribution in [0.2, 0.25) is 0 Å². The van der Waals surface area contributed by atoms with E-state index in [0.29, 0.717) is 26.2 Å². The Bertz CT molecular complexity index is 688. The van der Waals surface area contributed by atoms with Crippen LogP contribution < -0.4 is 4.90 Å². The van der Waals surface area contributed by atoms with Crippen molar-refractivity contribution in [1.82, 2.24) is 4.90 Å². The van der Waals surface area contributed by atoms with E-state index in [9.17, 15) is 19.7 Å². The minimum Gasteiger partial charge on any atom is -0.444 e. The summed E-state index contributed by atoms with van der Waals surface area (Å²) in [6.07, 6.45) is -0.347. The number of piperazine rings is 1. The van der Waals surface area contributed by atoms with E-state index in [1.54, 1.807) is 17.0 Å². The Morgan fingerprint density at radius 2 is 1.76 bits per heavy atom. The first-order valence-electron chi connectivity index (χ1n) is 8.11. The second kappa shape index (κ2) is 7.08. The van der Waals surface area contributed by atoms with Gasteiger partial charge in [-0.2, -0.15) is 0 Å². The lowest BCUT2D eigenvalue weighted by atomic mass is 10.1. The van der Waals surface area contributed by atoms with E-state index in [2.05, 4.69) is 0 Å². The fourth-order valence-corrected chi connectivity index (χ4v) is 2.64. The van der Waals surface area contributed by atoms with E-state index in [1.165, 1.54) is 13.0 Å². The summed E-state index contributed by atoms with van der Waals surface area (Å²) in [5, 5.41) is 11.0. The van der Waals surface area contributed by atoms with Gasteiger partial charge in [0.05, 0.1) is 10.5 Å². The summed E-state index contributed by atoms with van der Waals surface area (Å²) < 4.78 is 5.36. The number of amides is 1. The minimum atomic E-state index is -0.555. The standard InChI is InChI=1S/C17H23N3O5/c1-12(21)14-11-13(5-6-15(14)20(23)24)18-7-9-19(10-8-18)16(22)25-17(2,3)4/h5-6,11H,7-10H2,1-4H3. The SMILES string of the molecule is CC(=O)c1cc(N2CCN(C(=O)OC(C)(C)C)CC2)ccc1[N+](=O)[O-]. The molecule has 1 heterocycles. The second-order valence-corrected chi connectivity index (χ2v) is 6.97. The van der Waals surface area contributed by atoms with E-state index in [1.807, 2.05) is 25.7 Å². The molecule has 0 aromatic heterocycles. The van der Waals surface area contributed by atoms with Gasteiger partial charge in [0.25, 0.3) is 5.69 Å². The van der Waals surface area contributed by atoms with Gasteiger partial charge >= 0.3 is 6.09 Å². The number of Topliss-reactive ketones (excluding diaryl/α,β-unsaturated/α-hetero) is 1. The zero-order valence-corrected chi connectivity index (χ0v) is 14.9. The molecule has 1 saturated heterocycles. The van der Waals surface area contributed by atoms with Crippen molar-refractivity contribution in [3.8, 4) is 0 Å². The van der Waals surface area contributed by atoms with Crippen LogP contribution in [0.1, 0.15) is 38.1 Å². The molecule has 8 nitrogen and oxygen atoms in total. The minimum absolute atomic E-state index is 0.0945. The highest BCUT2D eigenvalue weighted by atomic mass is 16.6. The molecule has 25 heavy (non-hydrogen) atoms. The van der Waals surface area contributed by atoms with Gasteiger partial charge in [-0.05, 0) is 39.8 Å². The number of rotatable bonds is 3. The average Bonchev–Trinajstić information content (AvgIpc) is 2.52. The van der Waals surface area contributed by atoms with Gasteiger partial charge in [0.15, 0.2) is 5.78 Å². The number of hydrogen-bond donors (Lipinski definition) is 0. The number of ketones is 1. The number of ether oxygens (including phenoxy) is 1. The van der Waals surface area contributed by atoms with Crippen LogP contribution in [0.3, 0.4) is 0 Å². The van der Waals surface area contributed by atoms with Gasteiger partial charge in [0.1, 0.15) is 5.60 Å². The number of nitro groups is 1. The lowest BCUT2D eigenvalue weighted by molar-refractivity contribution is -0.385. The summed E-state index contributed by atoms with van der Waals surface area (Å²) in [7, 11) is 0. The van der Waals surface area contributed by atoms with E-state index in [-0.39, 0.29) is 23.1 Å². The van der Waals surface area contributed by atoms with E-state index in [4.69, 9.17) is 4.74 Å². The molecule has 0 saturated carbocycles. The first-order chi connectivity index (χ1) is 11.6. The van der Waals surface area contributed by atoms with Crippen molar-refractivity contribution in [1.29, 1.82) is 0 Å². The Hall–Kier alpha value is -2.64. The van der Waals surface area contributed by atoms with Gasteiger partial charge in [0, 0.05) is 37.9 Å². The molecule has 1 aliphatic rings. The van der Waals surface area contributed by atoms with Gasteiger partial charge in [-0.3, -0.25) is 14.9 Å². The number of benzene rings is 1. The third-order valence-corrected chi connectivity index (χ3v) is 3.85. The molecule has 2 rings (SSSR count). The molecule has 1 aromatic rings. The lowest BCUT2D eigenvalue weighted by Gasteiger charge is -2.36. The smallest absolute Gasteiger partial charge is 0.410 e. The van der Waals surface area contributed by atoms with Crippen LogP contribution in [0.4, 0.5) is 16.2 Å². The number of carbonyl (C=O) groups excluding carboxylic acids is 2. The second-order valence-electron chi connectivity index (χ2n) is 6.97. The molecule has 0 spiro atoms. The largest absolute Gasteiger partial charge is 0.444 e. The van der Waals surface area contributed by atoms with Crippen molar-refractivity contribution >= 4 is 23.3 Å². The predicted molar refractivity (Wildman–Crippen MR) is 93.1 cm³/mol. The summed E-state index contributed by atoms with van der Waals surface area (Å²) in [6, 6.07) is 4.53. The Balaban J connectivity index is 2.08. The maximum atomic E-state index is 12.1. The molecule has 1 aromatic carbocycles. The van der Waals surface area contributed by atoms with Crippen LogP contribution in [0.5, 0.6) is 0 Å². The maximum Gasteiger partial charge on any atom is 0.410 e. The van der Waals surface area contributed by atoms with Gasteiger partial charge in [0.2, 0.25) is 0 Å². The van der Waals surface area contributed by atoms with Crippen LogP contribution in [-0.2, 0) is 4.74 Å². The van der Waals surface area contributed by atoms with Crippen LogP contribution in [0.25, 0.3) is 0 Å². The summed E-state index contributed by atoms with van der Waals surface area (Å²) in [4.78, 5) is 37.9. The summed E-state index contributed by atoms with van der Waals surface area (Å²) in [5.74, 6) is -0.346. The number of nitrogens with zero attached hydrogens (tertiary/aromatic N) is 3. The summed E-state index contributed by atoms with van der Waals surface area (Å²) in [5.41, 5.74) is 0.100. The van der Waals surface area contributed by atoms with Crippen molar-refractivity contribution in [2.45, 2.75) is 33.3 Å². The van der Waals surface area contributed by atoms with E-state index >= 15 is 0 Å². The fraction of sp³-hybridized carbons (Fsp3) is 0.529. The Labute approximate surface area is 146 Å². The summed E-state index contributed by atoms with van der Waals surface area (Å²) >= 11 is 0. The molecular formula is C17H23N3O5. The molecule has 0 N–H and O–H groups in total. The number of hydrogen-bond acceptors (Lipinski definition) is 6. The highest BCUT2D eigenvalue weighted by Gasteiger charge is 2.27. The normalized spacial score (nSPS) is 15.0. The Morgan fingerprint density at radius 1 is 1.16 bits per heavy atom. The predicted octanol–water partition coefficient (Wildman–Crippen LogP) is 2.85. The van der Waals surface area contributed by atoms with Crippen LogP contribution in [-0.4, -0.2) is 53.5 Å². The molecule has 0 radical (unpaired) electrons. The fourth-order valence-electron chi connectivity index (χ4n) is 2.64. The molecular weight excluding hydrogens is 326 g/mol. The number of nitro benzene ring substituents is 1. The summed E-state index contributed by atoms with van der Waals surface area (Å²) in [6.45, 7) is 8.88. The first-order valence-corrected chi connectivity index (χ1v) is 8.11. The molecule has 0 atom stereocenters. The highest BCUT2D eigenvalue weighted by Crippen LogP contribution is 2.26. The molecule has 0 aliphatic carbocycles. The van der Waals surface area contributed by atoms with Gasteiger partial charge in [-0.25, -0.2) is 4.79 Å². The quantitative estimate of drug-likeness (QED) is 0.473. The average molecular weight is 349 g/mol. The van der Waals surface area contributed by atoms with E-state index in [0.717, 1.165) is 5.69 Å². The lowest BCUT2D eigenvalue weighted by Crippen LogP contribution is -2.50. The van der Waals surface area contributed by atoms with Crippen LogP contribution in [0, 0.1) is 10.1 Å². The molecule has 0 bridgehead atoms. The third-order valence-electron chi connectivity index (χ3n) is 3.85. The van der Waals surface area contributed by atoms with Crippen molar-refractivity contribution < 1.29 is 19.2 Å². The molecule has 1 fully saturated rings. The van der Waals surface area contributed by atoms with Crippen molar-refractivity contribution in [2.24, 2.45) is 0 Å². The van der Waals surface area contributed by atoms with Crippen molar-refractivity contribution in [3.63, 3.8) is 0 Å². The molecule has 1 aliphatic heterocycles. The van der Waals surface area contributed by atoms with Gasteiger partial charge < -0.3 is 14.5 Å². The van der Waals surface area contributed by atoms with Gasteiger partial charge in [-0.1, -0.05) is 0 Å². The molecule has 1 amide bonds. The Kier molecular flexibility index (Phi) is 5.30. The third kappa shape index (κ3) is 4.68. The number of carbonyl (C=O) groups is 2. The highest BCUT2D eigenvalue weighted by molar-refractivity contribution is 5.99. The number of anilines is 1. The molecule has 8 heteroatoms. The Morgan fingerprint density at radius 3 is 2.24 bits per heavy atom. The molecule has 136 valence electrons. The monoisotopic (exact) mass is 349 g/mol. The van der Waals surface area contributed by atoms with Gasteiger partial charge in [-0.15, -0.1) is 0 Å². The first kappa shape index (κ1) is 18.7. The van der Waals surface area contributed by atoms with Crippen LogP contribution >= 0.6 is 0 Å². The van der Waals surface area contributed by atoms with E-state index < -0.39 is 10.5 Å². The van der Waals surface area contributed by atoms with Crippen molar-refractivity contribution in [2.75, 3.05) is 31.1 Å². The zero-order chi connectivity index (χ0) is 18.8. The van der Waals surface area contributed by atoms with Crippen LogP contribution in [0.15, 0.2) is 18.2 Å². The zero-order valence-electron chi connectivity index (χ0n) is 14.9.